The van der Waals surface area contributed by atoms with E-state index in [0.29, 0.717) is 21.5 Å². The quantitative estimate of drug-likeness (QED) is 0.912. The molecule has 0 saturated heterocycles. The summed E-state index contributed by atoms with van der Waals surface area (Å²) in [4.78, 5) is 0. The van der Waals surface area contributed by atoms with E-state index in [1.165, 1.54) is 0 Å². The molecule has 0 fully saturated rings. The van der Waals surface area contributed by atoms with Crippen LogP contribution in [-0.4, -0.2) is 9.78 Å². The number of nitrogens with zero attached hydrogens (tertiary/aromatic N) is 2. The van der Waals surface area contributed by atoms with Gasteiger partial charge in [-0.1, -0.05) is 47.8 Å². The number of hydrogen-bond donors (Lipinski definition) is 1. The molecule has 1 heterocycles. The van der Waals surface area contributed by atoms with E-state index < -0.39 is 0 Å². The molecule has 3 nitrogen and oxygen atoms in total. The molecule has 2 aromatic rings. The number of hydrogen-bond acceptors (Lipinski definition) is 2. The van der Waals surface area contributed by atoms with Crippen molar-refractivity contribution in [3.63, 3.8) is 0 Å². The molecule has 0 radical (unpaired) electrons. The van der Waals surface area contributed by atoms with Crippen LogP contribution in [0.5, 0.6) is 0 Å². The summed E-state index contributed by atoms with van der Waals surface area (Å²) in [5.74, 6) is 0. The van der Waals surface area contributed by atoms with Crippen molar-refractivity contribution in [2.45, 2.75) is 25.8 Å². The van der Waals surface area contributed by atoms with Gasteiger partial charge in [0.15, 0.2) is 0 Å². The van der Waals surface area contributed by atoms with E-state index in [1.54, 1.807) is 16.8 Å². The van der Waals surface area contributed by atoms with Crippen molar-refractivity contribution >= 4 is 34.8 Å². The summed E-state index contributed by atoms with van der Waals surface area (Å²) in [5, 5.41) is 6.24. The predicted molar refractivity (Wildman–Crippen MR) is 84.7 cm³/mol. The Morgan fingerprint density at radius 1 is 1.30 bits per heavy atom. The molecule has 0 aliphatic rings. The first-order valence-electron chi connectivity index (χ1n) is 6.34. The molecule has 0 bridgehead atoms. The second-order valence-electron chi connectivity index (χ2n) is 4.66. The second-order valence-corrected chi connectivity index (χ2v) is 5.88. The van der Waals surface area contributed by atoms with Crippen LogP contribution < -0.4 is 5.73 Å². The predicted octanol–water partition coefficient (Wildman–Crippen LogP) is 4.19. The van der Waals surface area contributed by atoms with Crippen LogP contribution in [0.2, 0.25) is 15.1 Å². The van der Waals surface area contributed by atoms with Crippen LogP contribution in [0.1, 0.15) is 29.9 Å². The SMILES string of the molecule is CCc1nn(C)c(CC(N)c2ccc(Cl)cc2Cl)c1Cl. The highest BCUT2D eigenvalue weighted by Crippen LogP contribution is 2.29. The standard InChI is InChI=1S/C14H16Cl3N3/c1-3-12-14(17)13(20(2)19-12)7-11(18)9-5-4-8(15)6-10(9)16/h4-6,11H,3,7,18H2,1-2H3. The molecular formula is C14H16Cl3N3. The Morgan fingerprint density at radius 3 is 2.55 bits per heavy atom. The summed E-state index contributed by atoms with van der Waals surface area (Å²) >= 11 is 18.4. The smallest absolute Gasteiger partial charge is 0.0850 e. The highest BCUT2D eigenvalue weighted by molar-refractivity contribution is 6.35. The van der Waals surface area contributed by atoms with Gasteiger partial charge in [0.05, 0.1) is 16.4 Å². The van der Waals surface area contributed by atoms with Gasteiger partial charge in [0.25, 0.3) is 0 Å². The molecule has 0 saturated carbocycles. The number of aromatic nitrogens is 2. The summed E-state index contributed by atoms with van der Waals surface area (Å²) < 4.78 is 1.78. The van der Waals surface area contributed by atoms with Crippen molar-refractivity contribution in [2.24, 2.45) is 12.8 Å². The zero-order chi connectivity index (χ0) is 14.9. The Kier molecular flexibility index (Phi) is 4.97. The highest BCUT2D eigenvalue weighted by Gasteiger charge is 2.18. The van der Waals surface area contributed by atoms with Crippen LogP contribution in [0.15, 0.2) is 18.2 Å². The minimum atomic E-state index is -0.252. The molecule has 0 spiro atoms. The first-order chi connectivity index (χ1) is 9.43. The highest BCUT2D eigenvalue weighted by atomic mass is 35.5. The average molecular weight is 333 g/mol. The van der Waals surface area contributed by atoms with Crippen molar-refractivity contribution in [3.8, 4) is 0 Å². The first kappa shape index (κ1) is 15.6. The Bertz CT molecular complexity index is 622. The number of benzene rings is 1. The maximum absolute atomic E-state index is 6.33. The lowest BCUT2D eigenvalue weighted by Crippen LogP contribution is -2.16. The molecule has 1 aromatic carbocycles. The van der Waals surface area contributed by atoms with Gasteiger partial charge in [-0.15, -0.1) is 0 Å². The molecule has 0 aliphatic carbocycles. The van der Waals surface area contributed by atoms with Gasteiger partial charge >= 0.3 is 0 Å². The van der Waals surface area contributed by atoms with Crippen molar-refractivity contribution in [3.05, 3.63) is 50.2 Å². The van der Waals surface area contributed by atoms with Crippen molar-refractivity contribution in [2.75, 3.05) is 0 Å². The molecule has 1 atom stereocenters. The summed E-state index contributed by atoms with van der Waals surface area (Å²) in [6.45, 7) is 2.02. The van der Waals surface area contributed by atoms with Gasteiger partial charge in [-0.05, 0) is 24.1 Å². The molecule has 2 N–H and O–H groups in total. The van der Waals surface area contributed by atoms with Crippen molar-refractivity contribution < 1.29 is 0 Å². The van der Waals surface area contributed by atoms with Gasteiger partial charge in [-0.25, -0.2) is 0 Å². The number of rotatable bonds is 4. The fraction of sp³-hybridized carbons (Fsp3) is 0.357. The zero-order valence-electron chi connectivity index (χ0n) is 11.3. The van der Waals surface area contributed by atoms with E-state index in [0.717, 1.165) is 23.4 Å². The fourth-order valence-electron chi connectivity index (χ4n) is 2.16. The van der Waals surface area contributed by atoms with Crippen LogP contribution in [0.3, 0.4) is 0 Å². The first-order valence-corrected chi connectivity index (χ1v) is 7.48. The maximum atomic E-state index is 6.33. The van der Waals surface area contributed by atoms with Gasteiger partial charge in [-0.3, -0.25) is 4.68 Å². The Hall–Kier alpha value is -0.740. The normalized spacial score (nSPS) is 12.7. The maximum Gasteiger partial charge on any atom is 0.0850 e. The van der Waals surface area contributed by atoms with E-state index >= 15 is 0 Å². The minimum Gasteiger partial charge on any atom is -0.324 e. The van der Waals surface area contributed by atoms with Crippen LogP contribution in [0.25, 0.3) is 0 Å². The van der Waals surface area contributed by atoms with Crippen LogP contribution >= 0.6 is 34.8 Å². The second kappa shape index (κ2) is 6.35. The molecule has 1 aromatic heterocycles. The summed E-state index contributed by atoms with van der Waals surface area (Å²) in [6.07, 6.45) is 1.37. The van der Waals surface area contributed by atoms with Gasteiger partial charge in [0.1, 0.15) is 0 Å². The lowest BCUT2D eigenvalue weighted by atomic mass is 10.0. The van der Waals surface area contributed by atoms with Crippen molar-refractivity contribution in [1.82, 2.24) is 9.78 Å². The van der Waals surface area contributed by atoms with E-state index in [1.807, 2.05) is 20.0 Å². The van der Waals surface area contributed by atoms with E-state index in [-0.39, 0.29) is 6.04 Å². The third-order valence-electron chi connectivity index (χ3n) is 3.28. The largest absolute Gasteiger partial charge is 0.324 e. The lowest BCUT2D eigenvalue weighted by Gasteiger charge is -2.14. The zero-order valence-corrected chi connectivity index (χ0v) is 13.6. The Balaban J connectivity index is 2.27. The van der Waals surface area contributed by atoms with Gasteiger partial charge in [0, 0.05) is 29.6 Å². The molecule has 20 heavy (non-hydrogen) atoms. The van der Waals surface area contributed by atoms with Crippen LogP contribution in [0.4, 0.5) is 0 Å². The molecule has 2 rings (SSSR count). The van der Waals surface area contributed by atoms with E-state index in [2.05, 4.69) is 5.10 Å². The van der Waals surface area contributed by atoms with Gasteiger partial charge < -0.3 is 5.73 Å². The van der Waals surface area contributed by atoms with Gasteiger partial charge in [-0.2, -0.15) is 5.10 Å². The Morgan fingerprint density at radius 2 is 2.00 bits per heavy atom. The molecule has 0 aliphatic heterocycles. The van der Waals surface area contributed by atoms with Crippen LogP contribution in [-0.2, 0) is 19.9 Å². The van der Waals surface area contributed by atoms with Crippen molar-refractivity contribution in [1.29, 1.82) is 0 Å². The molecular weight excluding hydrogens is 317 g/mol. The number of halogens is 3. The molecule has 0 amide bonds. The molecule has 6 heteroatoms. The third kappa shape index (κ3) is 3.12. The lowest BCUT2D eigenvalue weighted by molar-refractivity contribution is 0.638. The van der Waals surface area contributed by atoms with E-state index in [4.69, 9.17) is 40.5 Å². The minimum absolute atomic E-state index is 0.252. The Labute approximate surface area is 133 Å². The number of aryl methyl sites for hydroxylation is 2. The van der Waals surface area contributed by atoms with Crippen LogP contribution in [0, 0.1) is 0 Å². The topological polar surface area (TPSA) is 43.8 Å². The van der Waals surface area contributed by atoms with Gasteiger partial charge in [0.2, 0.25) is 0 Å². The molecule has 1 unspecified atom stereocenters. The summed E-state index contributed by atoms with van der Waals surface area (Å²) in [5.41, 5.74) is 8.90. The third-order valence-corrected chi connectivity index (χ3v) is 4.28. The summed E-state index contributed by atoms with van der Waals surface area (Å²) in [6, 6.07) is 5.07. The van der Waals surface area contributed by atoms with E-state index in [9.17, 15) is 0 Å². The average Bonchev–Trinajstić information content (AvgIpc) is 2.66. The molecule has 108 valence electrons. The fourth-order valence-corrected chi connectivity index (χ4v) is 3.08. The monoisotopic (exact) mass is 331 g/mol. The summed E-state index contributed by atoms with van der Waals surface area (Å²) in [7, 11) is 1.87. The number of nitrogens with two attached hydrogens (primary N) is 1.